The summed E-state index contributed by atoms with van der Waals surface area (Å²) in [6.07, 6.45) is 9.89. The lowest BCUT2D eigenvalue weighted by Gasteiger charge is -2.09. The number of carbonyl (C=O) groups is 1. The number of amides is 1. The Hall–Kier alpha value is -4.99. The molecule has 3 aromatic heterocycles. The van der Waals surface area contributed by atoms with Crippen molar-refractivity contribution in [3.8, 4) is 11.5 Å². The quantitative estimate of drug-likeness (QED) is 0.269. The number of hydrogen-bond donors (Lipinski definition) is 1. The minimum absolute atomic E-state index is 0.0767. The van der Waals surface area contributed by atoms with Crippen molar-refractivity contribution in [2.24, 2.45) is 5.92 Å². The van der Waals surface area contributed by atoms with E-state index in [0.717, 1.165) is 41.0 Å². The molecule has 6 rings (SSSR count). The molecule has 10 heteroatoms. The van der Waals surface area contributed by atoms with E-state index in [9.17, 15) is 4.79 Å². The first kappa shape index (κ1) is 25.3. The third-order valence-electron chi connectivity index (χ3n) is 6.93. The van der Waals surface area contributed by atoms with Crippen LogP contribution in [0, 0.1) is 5.92 Å². The largest absolute Gasteiger partial charge is 0.497 e. The van der Waals surface area contributed by atoms with Crippen LogP contribution in [0.1, 0.15) is 34.6 Å². The third-order valence-corrected chi connectivity index (χ3v) is 6.93. The topological polar surface area (TPSA) is 109 Å². The van der Waals surface area contributed by atoms with Crippen molar-refractivity contribution in [2.45, 2.75) is 32.0 Å². The summed E-state index contributed by atoms with van der Waals surface area (Å²) in [4.78, 5) is 12.9. The lowest BCUT2D eigenvalue weighted by atomic mass is 10.1. The van der Waals surface area contributed by atoms with Gasteiger partial charge in [0.2, 0.25) is 5.91 Å². The predicted octanol–water partition coefficient (Wildman–Crippen LogP) is 4.30. The highest BCUT2D eigenvalue weighted by atomic mass is 16.5. The highest BCUT2D eigenvalue weighted by Gasteiger charge is 2.44. The molecular weight excluding hydrogens is 506 g/mol. The first-order valence-corrected chi connectivity index (χ1v) is 13.1. The SMILES string of the molecule is COc1ccc(Cn2cc([C@H]3C[C@@H]3C(=O)Nc3cc(OCc4ccc(Cn5cccn5)cc4)cnn3)cn2)cc1. The van der Waals surface area contributed by atoms with Gasteiger partial charge >= 0.3 is 0 Å². The second kappa shape index (κ2) is 11.4. The number of carbonyl (C=O) groups excluding carboxylic acids is 1. The van der Waals surface area contributed by atoms with Gasteiger partial charge in [0.25, 0.3) is 0 Å². The summed E-state index contributed by atoms with van der Waals surface area (Å²) in [5, 5.41) is 19.7. The smallest absolute Gasteiger partial charge is 0.229 e. The Labute approximate surface area is 231 Å². The van der Waals surface area contributed by atoms with Gasteiger partial charge in [-0.3, -0.25) is 14.2 Å². The molecule has 1 aliphatic rings. The van der Waals surface area contributed by atoms with E-state index in [1.165, 1.54) is 0 Å². The molecule has 1 amide bonds. The summed E-state index contributed by atoms with van der Waals surface area (Å²) in [6, 6.07) is 19.7. The number of aromatic nitrogens is 6. The first-order valence-electron chi connectivity index (χ1n) is 13.1. The lowest BCUT2D eigenvalue weighted by molar-refractivity contribution is -0.117. The Morgan fingerprint density at radius 1 is 0.950 bits per heavy atom. The normalized spacial score (nSPS) is 15.9. The standard InChI is InChI=1S/C30H29N7O3/c1-39-25-9-7-22(8-10-25)18-37-19-24(15-33-37)27-14-28(27)30(38)34-29-13-26(16-31-35-29)40-20-23-5-3-21(4-6-23)17-36-12-2-11-32-36/h2-13,15-16,19,27-28H,14,17-18,20H2,1H3,(H,34,35,38)/t27-,28+/m1/s1. The van der Waals surface area contributed by atoms with Crippen molar-refractivity contribution in [3.05, 3.63) is 114 Å². The van der Waals surface area contributed by atoms with E-state index in [0.29, 0.717) is 24.7 Å². The average molecular weight is 536 g/mol. The number of rotatable bonds is 11. The van der Waals surface area contributed by atoms with Crippen LogP contribution in [-0.4, -0.2) is 42.8 Å². The Morgan fingerprint density at radius 2 is 1.70 bits per heavy atom. The van der Waals surface area contributed by atoms with Gasteiger partial charge in [0.1, 0.15) is 18.1 Å². The van der Waals surface area contributed by atoms with Gasteiger partial charge in [0, 0.05) is 30.6 Å². The van der Waals surface area contributed by atoms with E-state index >= 15 is 0 Å². The first-order chi connectivity index (χ1) is 19.6. The molecule has 1 aliphatic carbocycles. The van der Waals surface area contributed by atoms with E-state index in [1.807, 2.05) is 70.4 Å². The Morgan fingerprint density at radius 3 is 2.45 bits per heavy atom. The monoisotopic (exact) mass is 535 g/mol. The second-order valence-electron chi connectivity index (χ2n) is 9.84. The number of ether oxygens (including phenoxy) is 2. The van der Waals surface area contributed by atoms with Crippen molar-refractivity contribution in [1.29, 1.82) is 0 Å². The molecule has 1 saturated carbocycles. The van der Waals surface area contributed by atoms with Crippen molar-refractivity contribution in [2.75, 3.05) is 12.4 Å². The molecule has 0 unspecified atom stereocenters. The van der Waals surface area contributed by atoms with Crippen molar-refractivity contribution >= 4 is 11.7 Å². The summed E-state index contributed by atoms with van der Waals surface area (Å²) < 4.78 is 14.9. The van der Waals surface area contributed by atoms with Crippen LogP contribution in [0.4, 0.5) is 5.82 Å². The molecule has 0 radical (unpaired) electrons. The van der Waals surface area contributed by atoms with Gasteiger partial charge < -0.3 is 14.8 Å². The van der Waals surface area contributed by atoms with E-state index < -0.39 is 0 Å². The predicted molar refractivity (Wildman–Crippen MR) is 148 cm³/mol. The molecule has 10 nitrogen and oxygen atoms in total. The maximum Gasteiger partial charge on any atom is 0.229 e. The molecule has 2 aromatic carbocycles. The van der Waals surface area contributed by atoms with Gasteiger partial charge in [0.15, 0.2) is 5.82 Å². The fraction of sp³-hybridized carbons (Fsp3) is 0.233. The number of nitrogens with one attached hydrogen (secondary N) is 1. The second-order valence-corrected chi connectivity index (χ2v) is 9.84. The molecular formula is C30H29N7O3. The van der Waals surface area contributed by atoms with E-state index in [4.69, 9.17) is 9.47 Å². The number of anilines is 1. The fourth-order valence-corrected chi connectivity index (χ4v) is 4.63. The molecule has 1 N–H and O–H groups in total. The molecule has 0 aliphatic heterocycles. The molecule has 40 heavy (non-hydrogen) atoms. The maximum absolute atomic E-state index is 12.9. The highest BCUT2D eigenvalue weighted by molar-refractivity contribution is 5.94. The zero-order valence-corrected chi connectivity index (χ0v) is 22.1. The molecule has 0 bridgehead atoms. The summed E-state index contributed by atoms with van der Waals surface area (Å²) in [5.41, 5.74) is 4.38. The number of methoxy groups -OCH3 is 1. The molecule has 202 valence electrons. The molecule has 0 spiro atoms. The lowest BCUT2D eigenvalue weighted by Crippen LogP contribution is -2.16. The molecule has 1 fully saturated rings. The number of benzene rings is 2. The van der Waals surface area contributed by atoms with E-state index in [-0.39, 0.29) is 17.7 Å². The van der Waals surface area contributed by atoms with Crippen LogP contribution in [0.3, 0.4) is 0 Å². The molecule has 5 aromatic rings. The van der Waals surface area contributed by atoms with E-state index in [1.54, 1.807) is 25.6 Å². The van der Waals surface area contributed by atoms with Crippen molar-refractivity contribution < 1.29 is 14.3 Å². The molecule has 2 atom stereocenters. The van der Waals surface area contributed by atoms with Crippen LogP contribution >= 0.6 is 0 Å². The van der Waals surface area contributed by atoms with Gasteiger partial charge in [-0.2, -0.15) is 15.3 Å². The average Bonchev–Trinajstić information content (AvgIpc) is 3.36. The molecule has 3 heterocycles. The summed E-state index contributed by atoms with van der Waals surface area (Å²) in [5.74, 6) is 1.69. The Bertz CT molecular complexity index is 1560. The minimum atomic E-state index is -0.120. The van der Waals surface area contributed by atoms with Crippen LogP contribution in [0.15, 0.2) is 91.6 Å². The van der Waals surface area contributed by atoms with Crippen LogP contribution in [0.2, 0.25) is 0 Å². The minimum Gasteiger partial charge on any atom is -0.497 e. The van der Waals surface area contributed by atoms with Crippen LogP contribution in [0.5, 0.6) is 11.5 Å². The van der Waals surface area contributed by atoms with Crippen molar-refractivity contribution in [1.82, 2.24) is 29.8 Å². The number of hydrogen-bond acceptors (Lipinski definition) is 7. The fourth-order valence-electron chi connectivity index (χ4n) is 4.63. The van der Waals surface area contributed by atoms with Crippen LogP contribution < -0.4 is 14.8 Å². The van der Waals surface area contributed by atoms with E-state index in [2.05, 4.69) is 37.8 Å². The maximum atomic E-state index is 12.9. The Kier molecular flexibility index (Phi) is 7.21. The highest BCUT2D eigenvalue weighted by Crippen LogP contribution is 2.47. The summed E-state index contributed by atoms with van der Waals surface area (Å²) >= 11 is 0. The number of nitrogens with zero attached hydrogens (tertiary/aromatic N) is 6. The summed E-state index contributed by atoms with van der Waals surface area (Å²) in [7, 11) is 1.65. The van der Waals surface area contributed by atoms with Gasteiger partial charge in [-0.1, -0.05) is 36.4 Å². The van der Waals surface area contributed by atoms with Gasteiger partial charge in [-0.05, 0) is 52.8 Å². The van der Waals surface area contributed by atoms with Crippen molar-refractivity contribution in [3.63, 3.8) is 0 Å². The molecule has 0 saturated heterocycles. The van der Waals surface area contributed by atoms with Crippen LogP contribution in [0.25, 0.3) is 0 Å². The zero-order valence-electron chi connectivity index (χ0n) is 22.1. The Balaban J connectivity index is 0.989. The van der Waals surface area contributed by atoms with Gasteiger partial charge in [0.05, 0.1) is 32.6 Å². The van der Waals surface area contributed by atoms with Gasteiger partial charge in [-0.25, -0.2) is 0 Å². The zero-order chi connectivity index (χ0) is 27.3. The van der Waals surface area contributed by atoms with Crippen LogP contribution in [-0.2, 0) is 24.5 Å². The third kappa shape index (κ3) is 6.17. The summed E-state index contributed by atoms with van der Waals surface area (Å²) in [6.45, 7) is 1.76. The van der Waals surface area contributed by atoms with Gasteiger partial charge in [-0.15, -0.1) is 5.10 Å².